The number of amides is 1. The Balaban J connectivity index is 1.45. The van der Waals surface area contributed by atoms with Gasteiger partial charge in [-0.15, -0.1) is 0 Å². The number of anilines is 1. The molecule has 10 heteroatoms. The number of carbonyl (C=O) groups is 1. The Hall–Kier alpha value is -4.65. The van der Waals surface area contributed by atoms with Gasteiger partial charge in [-0.3, -0.25) is 14.2 Å². The molecule has 0 radical (unpaired) electrons. The zero-order chi connectivity index (χ0) is 24.1. The summed E-state index contributed by atoms with van der Waals surface area (Å²) in [5.74, 6) is 3.82. The first kappa shape index (κ1) is 22.5. The monoisotopic (exact) mass is 460 g/mol. The van der Waals surface area contributed by atoms with Crippen LogP contribution in [-0.2, 0) is 6.54 Å². The van der Waals surface area contributed by atoms with E-state index in [1.54, 1.807) is 7.05 Å². The number of fused-ring (bicyclic) bond motifs is 1. The molecule has 0 spiro atoms. The number of halogens is 2. The average Bonchev–Trinajstić information content (AvgIpc) is 2.84. The second-order valence-corrected chi connectivity index (χ2v) is 7.18. The molecule has 34 heavy (non-hydrogen) atoms. The summed E-state index contributed by atoms with van der Waals surface area (Å²) in [5.41, 5.74) is 1.04. The maximum absolute atomic E-state index is 13.4. The van der Waals surface area contributed by atoms with E-state index in [4.69, 9.17) is 0 Å². The van der Waals surface area contributed by atoms with Crippen molar-refractivity contribution in [2.75, 3.05) is 18.9 Å². The lowest BCUT2D eigenvalue weighted by Gasteiger charge is -2.08. The SMILES string of the molecule is CNc1ncnc2ccc(C#CCNC(=O)c3cncn(Cc4ccc(F)c(F)c4)c3=O)cc12. The molecule has 1 amide bonds. The third-order valence-corrected chi connectivity index (χ3v) is 4.92. The predicted octanol–water partition coefficient (Wildman–Crippen LogP) is 2.34. The number of benzene rings is 2. The second kappa shape index (κ2) is 9.87. The quantitative estimate of drug-likeness (QED) is 0.444. The first-order valence-electron chi connectivity index (χ1n) is 10.1. The summed E-state index contributed by atoms with van der Waals surface area (Å²) < 4.78 is 27.7. The molecule has 4 aromatic rings. The Labute approximate surface area is 192 Å². The number of rotatable bonds is 5. The highest BCUT2D eigenvalue weighted by Gasteiger charge is 2.13. The lowest BCUT2D eigenvalue weighted by Crippen LogP contribution is -2.33. The number of hydrogen-bond donors (Lipinski definition) is 2. The van der Waals surface area contributed by atoms with Crippen LogP contribution in [0.5, 0.6) is 0 Å². The van der Waals surface area contributed by atoms with Gasteiger partial charge in [0, 0.05) is 24.2 Å². The van der Waals surface area contributed by atoms with Crippen LogP contribution in [0.4, 0.5) is 14.6 Å². The van der Waals surface area contributed by atoms with Crippen LogP contribution in [0.2, 0.25) is 0 Å². The summed E-state index contributed by atoms with van der Waals surface area (Å²) in [6.07, 6.45) is 3.85. The van der Waals surface area contributed by atoms with Gasteiger partial charge in [0.15, 0.2) is 11.6 Å². The molecule has 4 rings (SSSR count). The fourth-order valence-electron chi connectivity index (χ4n) is 3.25. The molecule has 0 unspecified atom stereocenters. The normalized spacial score (nSPS) is 10.4. The van der Waals surface area contributed by atoms with Crippen molar-refractivity contribution in [1.82, 2.24) is 24.8 Å². The van der Waals surface area contributed by atoms with E-state index in [1.165, 1.54) is 18.7 Å². The molecular formula is C24H18F2N6O2. The second-order valence-electron chi connectivity index (χ2n) is 7.18. The number of hydrogen-bond acceptors (Lipinski definition) is 6. The van der Waals surface area contributed by atoms with E-state index in [-0.39, 0.29) is 18.7 Å². The summed E-state index contributed by atoms with van der Waals surface area (Å²) in [6.45, 7) is -0.0667. The van der Waals surface area contributed by atoms with Crippen LogP contribution in [0.25, 0.3) is 10.9 Å². The maximum Gasteiger partial charge on any atom is 0.266 e. The van der Waals surface area contributed by atoms with Crippen molar-refractivity contribution < 1.29 is 13.6 Å². The zero-order valence-corrected chi connectivity index (χ0v) is 18.0. The summed E-state index contributed by atoms with van der Waals surface area (Å²) in [4.78, 5) is 37.4. The van der Waals surface area contributed by atoms with Crippen LogP contribution < -0.4 is 16.2 Å². The van der Waals surface area contributed by atoms with Gasteiger partial charge >= 0.3 is 0 Å². The molecule has 0 fully saturated rings. The van der Waals surface area contributed by atoms with E-state index in [0.29, 0.717) is 16.9 Å². The number of nitrogens with zero attached hydrogens (tertiary/aromatic N) is 4. The van der Waals surface area contributed by atoms with Crippen molar-refractivity contribution in [3.63, 3.8) is 0 Å². The first-order chi connectivity index (χ1) is 16.5. The Morgan fingerprint density at radius 1 is 1.12 bits per heavy atom. The van der Waals surface area contributed by atoms with Crippen LogP contribution >= 0.6 is 0 Å². The van der Waals surface area contributed by atoms with Crippen LogP contribution in [0.3, 0.4) is 0 Å². The highest BCUT2D eigenvalue weighted by atomic mass is 19.2. The van der Waals surface area contributed by atoms with Gasteiger partial charge in [-0.05, 0) is 35.9 Å². The Kier molecular flexibility index (Phi) is 6.54. The Morgan fingerprint density at radius 2 is 1.97 bits per heavy atom. The van der Waals surface area contributed by atoms with E-state index in [1.807, 2.05) is 18.2 Å². The topological polar surface area (TPSA) is 102 Å². The van der Waals surface area contributed by atoms with Gasteiger partial charge in [-0.1, -0.05) is 17.9 Å². The lowest BCUT2D eigenvalue weighted by atomic mass is 10.1. The predicted molar refractivity (Wildman–Crippen MR) is 122 cm³/mol. The molecule has 2 aromatic carbocycles. The summed E-state index contributed by atoms with van der Waals surface area (Å²) in [7, 11) is 1.76. The molecule has 2 N–H and O–H groups in total. The van der Waals surface area contributed by atoms with Crippen molar-refractivity contribution in [3.05, 3.63) is 93.9 Å². The van der Waals surface area contributed by atoms with E-state index in [9.17, 15) is 18.4 Å². The minimum Gasteiger partial charge on any atom is -0.373 e. The number of aromatic nitrogens is 4. The first-order valence-corrected chi connectivity index (χ1v) is 10.1. The molecule has 8 nitrogen and oxygen atoms in total. The van der Waals surface area contributed by atoms with Crippen LogP contribution in [0.1, 0.15) is 21.5 Å². The van der Waals surface area contributed by atoms with Crippen LogP contribution in [0.15, 0.2) is 60.0 Å². The Bertz CT molecular complexity index is 1510. The summed E-state index contributed by atoms with van der Waals surface area (Å²) >= 11 is 0. The van der Waals surface area contributed by atoms with Crippen molar-refractivity contribution in [2.24, 2.45) is 0 Å². The minimum atomic E-state index is -1.02. The van der Waals surface area contributed by atoms with Crippen molar-refractivity contribution >= 4 is 22.6 Å². The zero-order valence-electron chi connectivity index (χ0n) is 18.0. The number of carbonyl (C=O) groups excluding carboxylic acids is 1. The summed E-state index contributed by atoms with van der Waals surface area (Å²) in [5, 5.41) is 6.38. The maximum atomic E-state index is 13.4. The van der Waals surface area contributed by atoms with Gasteiger partial charge in [-0.2, -0.15) is 0 Å². The van der Waals surface area contributed by atoms with Gasteiger partial charge in [0.1, 0.15) is 17.7 Å². The molecule has 0 aliphatic carbocycles. The third-order valence-electron chi connectivity index (χ3n) is 4.92. The van der Waals surface area contributed by atoms with Gasteiger partial charge in [-0.25, -0.2) is 23.7 Å². The van der Waals surface area contributed by atoms with Crippen molar-refractivity contribution in [3.8, 4) is 11.8 Å². The molecule has 0 atom stereocenters. The highest BCUT2D eigenvalue weighted by molar-refractivity contribution is 5.93. The van der Waals surface area contributed by atoms with E-state index >= 15 is 0 Å². The van der Waals surface area contributed by atoms with E-state index in [0.717, 1.165) is 33.8 Å². The molecule has 170 valence electrons. The van der Waals surface area contributed by atoms with Gasteiger partial charge in [0.2, 0.25) is 0 Å². The van der Waals surface area contributed by atoms with E-state index in [2.05, 4.69) is 37.4 Å². The highest BCUT2D eigenvalue weighted by Crippen LogP contribution is 2.19. The number of nitrogens with one attached hydrogen (secondary N) is 2. The molecule has 2 heterocycles. The van der Waals surface area contributed by atoms with Gasteiger partial charge < -0.3 is 10.6 Å². The standard InChI is InChI=1S/C24H18F2N6O2/c1-27-22-17-9-15(5-7-21(17)30-13-31-22)3-2-8-29-23(33)18-11-28-14-32(24(18)34)12-16-4-6-19(25)20(26)10-16/h4-7,9-11,13-14H,8,12H2,1H3,(H,29,33)(H,27,30,31). The smallest absolute Gasteiger partial charge is 0.266 e. The third kappa shape index (κ3) is 4.88. The fraction of sp³-hybridized carbons (Fsp3) is 0.125. The van der Waals surface area contributed by atoms with Crippen LogP contribution in [0, 0.1) is 23.5 Å². The lowest BCUT2D eigenvalue weighted by molar-refractivity contribution is 0.0956. The van der Waals surface area contributed by atoms with Crippen molar-refractivity contribution in [2.45, 2.75) is 6.54 Å². The van der Waals surface area contributed by atoms with Gasteiger partial charge in [0.25, 0.3) is 11.5 Å². The van der Waals surface area contributed by atoms with Crippen LogP contribution in [-0.4, -0.2) is 39.0 Å². The van der Waals surface area contributed by atoms with Crippen molar-refractivity contribution in [1.29, 1.82) is 0 Å². The van der Waals surface area contributed by atoms with Gasteiger partial charge in [0.05, 0.1) is 24.9 Å². The van der Waals surface area contributed by atoms with E-state index < -0.39 is 23.1 Å². The molecule has 0 saturated heterocycles. The molecule has 0 saturated carbocycles. The Morgan fingerprint density at radius 3 is 2.76 bits per heavy atom. The largest absolute Gasteiger partial charge is 0.373 e. The minimum absolute atomic E-state index is 0.00144. The molecule has 0 bridgehead atoms. The average molecular weight is 460 g/mol. The molecule has 0 aliphatic rings. The molecule has 0 aliphatic heterocycles. The molecular weight excluding hydrogens is 442 g/mol. The molecule has 2 aromatic heterocycles. The fourth-order valence-corrected chi connectivity index (χ4v) is 3.25. The summed E-state index contributed by atoms with van der Waals surface area (Å²) in [6, 6.07) is 8.79.